The van der Waals surface area contributed by atoms with Crippen molar-refractivity contribution >= 4 is 17.3 Å². The maximum Gasteiger partial charge on any atom is 0.274 e. The molecule has 1 aromatic heterocycles. The molecule has 0 saturated heterocycles. The molecule has 2 aromatic rings. The molecule has 1 aromatic carbocycles. The summed E-state index contributed by atoms with van der Waals surface area (Å²) in [6.07, 6.45) is 0. The normalized spacial score (nSPS) is 10.5. The first-order valence-corrected chi connectivity index (χ1v) is 5.24. The summed E-state index contributed by atoms with van der Waals surface area (Å²) in [4.78, 5) is 13.5. The van der Waals surface area contributed by atoms with Gasteiger partial charge in [0.25, 0.3) is 5.69 Å². The van der Waals surface area contributed by atoms with E-state index >= 15 is 0 Å². The summed E-state index contributed by atoms with van der Waals surface area (Å²) in [5.74, 6) is -4.52. The molecular formula is C11H4ClF3N2O2. The van der Waals surface area contributed by atoms with Gasteiger partial charge in [-0.2, -0.15) is 0 Å². The molecule has 0 aliphatic heterocycles. The molecule has 0 spiro atoms. The molecule has 0 unspecified atom stereocenters. The van der Waals surface area contributed by atoms with Crippen molar-refractivity contribution in [2.45, 2.75) is 0 Å². The molecule has 8 heteroatoms. The molecular weight excluding hydrogens is 285 g/mol. The molecule has 0 N–H and O–H groups in total. The Morgan fingerprint density at radius 1 is 1.16 bits per heavy atom. The van der Waals surface area contributed by atoms with Gasteiger partial charge in [0.1, 0.15) is 5.15 Å². The zero-order valence-corrected chi connectivity index (χ0v) is 9.79. The average Bonchev–Trinajstić information content (AvgIpc) is 2.35. The maximum atomic E-state index is 13.5. The molecule has 0 saturated carbocycles. The van der Waals surface area contributed by atoms with Crippen LogP contribution in [0.2, 0.25) is 5.15 Å². The fraction of sp³-hybridized carbons (Fsp3) is 0. The number of nitro groups is 1. The van der Waals surface area contributed by atoms with Crippen LogP contribution in [0.15, 0.2) is 24.3 Å². The van der Waals surface area contributed by atoms with E-state index in [0.717, 1.165) is 18.2 Å². The van der Waals surface area contributed by atoms with Crippen molar-refractivity contribution in [1.82, 2.24) is 4.98 Å². The predicted octanol–water partition coefficient (Wildman–Crippen LogP) is 3.73. The first-order chi connectivity index (χ1) is 8.90. The van der Waals surface area contributed by atoms with E-state index in [9.17, 15) is 23.3 Å². The van der Waals surface area contributed by atoms with E-state index in [4.69, 9.17) is 11.6 Å². The molecule has 0 fully saturated rings. The zero-order valence-electron chi connectivity index (χ0n) is 9.03. The fourth-order valence-electron chi connectivity index (χ4n) is 1.45. The third kappa shape index (κ3) is 2.50. The molecule has 98 valence electrons. The molecule has 0 radical (unpaired) electrons. The lowest BCUT2D eigenvalue weighted by Gasteiger charge is -2.04. The maximum absolute atomic E-state index is 13.5. The minimum Gasteiger partial charge on any atom is -0.258 e. The van der Waals surface area contributed by atoms with E-state index in [-0.39, 0.29) is 10.8 Å². The second-order valence-corrected chi connectivity index (χ2v) is 3.90. The van der Waals surface area contributed by atoms with Gasteiger partial charge in [-0.3, -0.25) is 10.1 Å². The van der Waals surface area contributed by atoms with Gasteiger partial charge in [-0.1, -0.05) is 11.6 Å². The molecule has 1 heterocycles. The fourth-order valence-corrected chi connectivity index (χ4v) is 1.65. The van der Waals surface area contributed by atoms with Gasteiger partial charge < -0.3 is 0 Å². The Balaban J connectivity index is 2.65. The predicted molar refractivity (Wildman–Crippen MR) is 61.2 cm³/mol. The minimum atomic E-state index is -1.68. The van der Waals surface area contributed by atoms with Crippen molar-refractivity contribution in [2.75, 3.05) is 0 Å². The number of hydrogen-bond acceptors (Lipinski definition) is 3. The SMILES string of the molecule is O=[N+]([O-])c1cc(Cl)nc(-c2ccc(F)c(F)c2F)c1. The van der Waals surface area contributed by atoms with E-state index in [0.29, 0.717) is 6.07 Å². The van der Waals surface area contributed by atoms with Gasteiger partial charge in [0.2, 0.25) is 0 Å². The quantitative estimate of drug-likeness (QED) is 0.366. The number of aromatic nitrogens is 1. The lowest BCUT2D eigenvalue weighted by atomic mass is 10.1. The zero-order chi connectivity index (χ0) is 14.2. The molecule has 4 nitrogen and oxygen atoms in total. The number of benzene rings is 1. The molecule has 0 bridgehead atoms. The van der Waals surface area contributed by atoms with Crippen LogP contribution >= 0.6 is 11.6 Å². The molecule has 2 rings (SSSR count). The second kappa shape index (κ2) is 4.85. The van der Waals surface area contributed by atoms with Gasteiger partial charge >= 0.3 is 0 Å². The highest BCUT2D eigenvalue weighted by Crippen LogP contribution is 2.28. The van der Waals surface area contributed by atoms with Crippen LogP contribution in [0.25, 0.3) is 11.3 Å². The van der Waals surface area contributed by atoms with Gasteiger partial charge in [-0.05, 0) is 12.1 Å². The van der Waals surface area contributed by atoms with Crippen LogP contribution in [0.1, 0.15) is 0 Å². The van der Waals surface area contributed by atoms with E-state index in [1.807, 2.05) is 0 Å². The summed E-state index contributed by atoms with van der Waals surface area (Å²) in [6.45, 7) is 0. The Labute approximate surface area is 109 Å². The molecule has 0 aliphatic rings. The number of halogens is 4. The van der Waals surface area contributed by atoms with Crippen molar-refractivity contribution in [3.05, 3.63) is 57.0 Å². The van der Waals surface area contributed by atoms with Crippen molar-refractivity contribution in [1.29, 1.82) is 0 Å². The highest BCUT2D eigenvalue weighted by atomic mass is 35.5. The van der Waals surface area contributed by atoms with Crippen molar-refractivity contribution in [3.63, 3.8) is 0 Å². The van der Waals surface area contributed by atoms with Gasteiger partial charge in [0.15, 0.2) is 17.5 Å². The Bertz CT molecular complexity index is 679. The summed E-state index contributed by atoms with van der Waals surface area (Å²) in [7, 11) is 0. The number of hydrogen-bond donors (Lipinski definition) is 0. The highest BCUT2D eigenvalue weighted by Gasteiger charge is 2.18. The van der Waals surface area contributed by atoms with E-state index < -0.39 is 33.6 Å². The molecule has 0 amide bonds. The van der Waals surface area contributed by atoms with E-state index in [2.05, 4.69) is 4.98 Å². The van der Waals surface area contributed by atoms with Crippen molar-refractivity contribution < 1.29 is 18.1 Å². The van der Waals surface area contributed by atoms with E-state index in [1.54, 1.807) is 0 Å². The largest absolute Gasteiger partial charge is 0.274 e. The highest BCUT2D eigenvalue weighted by molar-refractivity contribution is 6.29. The van der Waals surface area contributed by atoms with Crippen LogP contribution in [0, 0.1) is 27.6 Å². The first kappa shape index (κ1) is 13.3. The van der Waals surface area contributed by atoms with Crippen LogP contribution in [-0.2, 0) is 0 Å². The topological polar surface area (TPSA) is 56.0 Å². The average molecular weight is 289 g/mol. The van der Waals surface area contributed by atoms with Gasteiger partial charge in [-0.25, -0.2) is 18.2 Å². The van der Waals surface area contributed by atoms with Crippen LogP contribution in [0.3, 0.4) is 0 Å². The third-order valence-electron chi connectivity index (χ3n) is 2.30. The van der Waals surface area contributed by atoms with E-state index in [1.165, 1.54) is 0 Å². The first-order valence-electron chi connectivity index (χ1n) is 4.86. The monoisotopic (exact) mass is 288 g/mol. The summed E-state index contributed by atoms with van der Waals surface area (Å²) < 4.78 is 39.4. The molecule has 0 atom stereocenters. The Kier molecular flexibility index (Phi) is 3.39. The standard InChI is InChI=1S/C11H4ClF3N2O2/c12-9-4-5(17(18)19)3-8(16-9)6-1-2-7(13)11(15)10(6)14/h1-4H. The van der Waals surface area contributed by atoms with Gasteiger partial charge in [0.05, 0.1) is 16.7 Å². The van der Waals surface area contributed by atoms with Crippen LogP contribution in [-0.4, -0.2) is 9.91 Å². The van der Waals surface area contributed by atoms with Gasteiger partial charge in [-0.15, -0.1) is 0 Å². The summed E-state index contributed by atoms with van der Waals surface area (Å²) >= 11 is 5.56. The second-order valence-electron chi connectivity index (χ2n) is 3.51. The summed E-state index contributed by atoms with van der Waals surface area (Å²) in [6, 6.07) is 3.50. The minimum absolute atomic E-state index is 0.254. The third-order valence-corrected chi connectivity index (χ3v) is 2.49. The summed E-state index contributed by atoms with van der Waals surface area (Å²) in [5, 5.41) is 10.4. The van der Waals surface area contributed by atoms with Crippen molar-refractivity contribution in [3.8, 4) is 11.3 Å². The smallest absolute Gasteiger partial charge is 0.258 e. The lowest BCUT2D eigenvalue weighted by Crippen LogP contribution is -1.97. The van der Waals surface area contributed by atoms with Crippen LogP contribution < -0.4 is 0 Å². The Morgan fingerprint density at radius 3 is 2.47 bits per heavy atom. The summed E-state index contributed by atoms with van der Waals surface area (Å²) in [5.41, 5.74) is -1.10. The number of nitrogens with zero attached hydrogens (tertiary/aromatic N) is 2. The Morgan fingerprint density at radius 2 is 1.84 bits per heavy atom. The van der Waals surface area contributed by atoms with Crippen LogP contribution in [0.4, 0.5) is 18.9 Å². The van der Waals surface area contributed by atoms with Crippen molar-refractivity contribution in [2.24, 2.45) is 0 Å². The number of pyridine rings is 1. The molecule has 19 heavy (non-hydrogen) atoms. The molecule has 0 aliphatic carbocycles. The number of rotatable bonds is 2. The van der Waals surface area contributed by atoms with Gasteiger partial charge in [0, 0.05) is 11.6 Å². The Hall–Kier alpha value is -2.15. The lowest BCUT2D eigenvalue weighted by molar-refractivity contribution is -0.384. The van der Waals surface area contributed by atoms with Crippen LogP contribution in [0.5, 0.6) is 0 Å².